The zero-order chi connectivity index (χ0) is 24.8. The minimum atomic E-state index is -0.973. The molecule has 0 aromatic heterocycles. The van der Waals surface area contributed by atoms with Crippen LogP contribution in [0.5, 0.6) is 5.75 Å². The topological polar surface area (TPSA) is 32.7 Å². The van der Waals surface area contributed by atoms with Crippen LogP contribution in [0, 0.1) is 13.8 Å². The van der Waals surface area contributed by atoms with Gasteiger partial charge >= 0.3 is 0 Å². The summed E-state index contributed by atoms with van der Waals surface area (Å²) in [5.41, 5.74) is 9.03. The van der Waals surface area contributed by atoms with Crippen LogP contribution in [0.3, 0.4) is 0 Å². The van der Waals surface area contributed by atoms with Crippen molar-refractivity contribution in [2.24, 2.45) is 0 Å². The van der Waals surface area contributed by atoms with Gasteiger partial charge in [-0.15, -0.1) is 0 Å². The quantitative estimate of drug-likeness (QED) is 0.203. The molecular formula is C32H33NO2. The number of aryl methyl sites for hydroxylation is 4. The standard InChI is InChI=1S/C32H33NO2/c1-23(2)32(34)35-31-21-13-27(14-22-31)10-9-26-11-19-30(20-12-26)33(28-15-5-24(3)6-16-28)29-17-7-25(4)8-18-29/h5-8,11-22,32,34H,1,9-10H2,2-4H3. The molecule has 0 aliphatic rings. The summed E-state index contributed by atoms with van der Waals surface area (Å²) < 4.78 is 5.47. The van der Waals surface area contributed by atoms with Crippen molar-refractivity contribution in [3.05, 3.63) is 131 Å². The Kier molecular flexibility index (Phi) is 7.69. The first kappa shape index (κ1) is 24.3. The van der Waals surface area contributed by atoms with Crippen LogP contribution in [0.1, 0.15) is 29.2 Å². The van der Waals surface area contributed by atoms with E-state index in [4.69, 9.17) is 4.74 Å². The molecule has 0 radical (unpaired) electrons. The van der Waals surface area contributed by atoms with E-state index in [9.17, 15) is 5.11 Å². The highest BCUT2D eigenvalue weighted by atomic mass is 16.6. The normalized spacial score (nSPS) is 11.7. The average molecular weight is 464 g/mol. The highest BCUT2D eigenvalue weighted by Gasteiger charge is 2.12. The summed E-state index contributed by atoms with van der Waals surface area (Å²) in [6.45, 7) is 9.68. The van der Waals surface area contributed by atoms with E-state index in [1.54, 1.807) is 6.92 Å². The van der Waals surface area contributed by atoms with Crippen LogP contribution >= 0.6 is 0 Å². The lowest BCUT2D eigenvalue weighted by Gasteiger charge is -2.26. The van der Waals surface area contributed by atoms with Crippen LogP contribution in [0.2, 0.25) is 0 Å². The molecule has 0 aliphatic carbocycles. The first-order valence-electron chi connectivity index (χ1n) is 12.0. The molecule has 178 valence electrons. The van der Waals surface area contributed by atoms with Crippen LogP contribution in [-0.2, 0) is 12.8 Å². The summed E-state index contributed by atoms with van der Waals surface area (Å²) in [5, 5.41) is 9.81. The molecule has 4 aromatic carbocycles. The van der Waals surface area contributed by atoms with Gasteiger partial charge in [-0.25, -0.2) is 0 Å². The van der Waals surface area contributed by atoms with Gasteiger partial charge < -0.3 is 14.7 Å². The second-order valence-electron chi connectivity index (χ2n) is 9.13. The largest absolute Gasteiger partial charge is 0.461 e. The Morgan fingerprint density at radius 3 is 1.46 bits per heavy atom. The molecule has 0 amide bonds. The number of hydrogen-bond acceptors (Lipinski definition) is 3. The lowest BCUT2D eigenvalue weighted by atomic mass is 10.0. The number of nitrogens with zero attached hydrogens (tertiary/aromatic N) is 1. The van der Waals surface area contributed by atoms with Gasteiger partial charge in [0.2, 0.25) is 6.29 Å². The van der Waals surface area contributed by atoms with Crippen molar-refractivity contribution in [1.29, 1.82) is 0 Å². The van der Waals surface area contributed by atoms with Crippen LogP contribution in [0.4, 0.5) is 17.1 Å². The number of hydrogen-bond donors (Lipinski definition) is 1. The van der Waals surface area contributed by atoms with Crippen LogP contribution < -0.4 is 9.64 Å². The molecule has 0 aliphatic heterocycles. The summed E-state index contributed by atoms with van der Waals surface area (Å²) >= 11 is 0. The molecule has 0 heterocycles. The summed E-state index contributed by atoms with van der Waals surface area (Å²) in [5.74, 6) is 0.640. The molecule has 0 saturated carbocycles. The van der Waals surface area contributed by atoms with E-state index in [1.165, 1.54) is 22.3 Å². The molecule has 1 atom stereocenters. The van der Waals surface area contributed by atoms with Gasteiger partial charge in [0.1, 0.15) is 5.75 Å². The summed E-state index contributed by atoms with van der Waals surface area (Å²) in [6.07, 6.45) is 0.908. The molecule has 0 bridgehead atoms. The Hall–Kier alpha value is -3.82. The van der Waals surface area contributed by atoms with Crippen molar-refractivity contribution in [3.8, 4) is 5.75 Å². The van der Waals surface area contributed by atoms with Gasteiger partial charge in [0, 0.05) is 17.1 Å². The van der Waals surface area contributed by atoms with Gasteiger partial charge in [-0.05, 0) is 98.8 Å². The Bertz CT molecular complexity index is 1200. The van der Waals surface area contributed by atoms with E-state index < -0.39 is 6.29 Å². The van der Waals surface area contributed by atoms with Crippen molar-refractivity contribution in [1.82, 2.24) is 0 Å². The van der Waals surface area contributed by atoms with E-state index >= 15 is 0 Å². The molecule has 0 spiro atoms. The molecule has 4 rings (SSSR count). The summed E-state index contributed by atoms with van der Waals surface area (Å²) in [7, 11) is 0. The van der Waals surface area contributed by atoms with Crippen LogP contribution in [0.25, 0.3) is 0 Å². The van der Waals surface area contributed by atoms with Gasteiger partial charge in [-0.3, -0.25) is 0 Å². The fraction of sp³-hybridized carbons (Fsp3) is 0.188. The highest BCUT2D eigenvalue weighted by molar-refractivity contribution is 5.76. The molecule has 35 heavy (non-hydrogen) atoms. The lowest BCUT2D eigenvalue weighted by Crippen LogP contribution is -2.15. The Morgan fingerprint density at radius 1 is 0.686 bits per heavy atom. The molecule has 1 unspecified atom stereocenters. The number of aliphatic hydroxyl groups is 1. The van der Waals surface area contributed by atoms with E-state index in [2.05, 4.69) is 98.1 Å². The third kappa shape index (κ3) is 6.40. The highest BCUT2D eigenvalue weighted by Crippen LogP contribution is 2.34. The maximum atomic E-state index is 9.81. The fourth-order valence-electron chi connectivity index (χ4n) is 3.90. The molecule has 1 N–H and O–H groups in total. The summed E-state index contributed by atoms with van der Waals surface area (Å²) in [6, 6.07) is 34.0. The summed E-state index contributed by atoms with van der Waals surface area (Å²) in [4.78, 5) is 2.29. The van der Waals surface area contributed by atoms with E-state index in [-0.39, 0.29) is 0 Å². The fourth-order valence-corrected chi connectivity index (χ4v) is 3.90. The van der Waals surface area contributed by atoms with E-state index in [0.717, 1.165) is 29.9 Å². The second kappa shape index (κ2) is 11.1. The van der Waals surface area contributed by atoms with Crippen molar-refractivity contribution < 1.29 is 9.84 Å². The number of aliphatic hydroxyl groups excluding tert-OH is 1. The molecule has 3 nitrogen and oxygen atoms in total. The van der Waals surface area contributed by atoms with Gasteiger partial charge in [0.05, 0.1) is 0 Å². The predicted octanol–water partition coefficient (Wildman–Crippen LogP) is 7.83. The van der Waals surface area contributed by atoms with Crippen molar-refractivity contribution in [2.75, 3.05) is 4.90 Å². The number of benzene rings is 4. The molecule has 3 heteroatoms. The van der Waals surface area contributed by atoms with Gasteiger partial charge in [0.25, 0.3) is 0 Å². The first-order chi connectivity index (χ1) is 16.9. The van der Waals surface area contributed by atoms with Crippen molar-refractivity contribution in [2.45, 2.75) is 39.9 Å². The zero-order valence-corrected chi connectivity index (χ0v) is 20.7. The zero-order valence-electron chi connectivity index (χ0n) is 20.7. The van der Waals surface area contributed by atoms with Crippen LogP contribution in [0.15, 0.2) is 109 Å². The number of rotatable bonds is 9. The van der Waals surface area contributed by atoms with Gasteiger partial charge in [-0.2, -0.15) is 0 Å². The van der Waals surface area contributed by atoms with E-state index in [0.29, 0.717) is 11.3 Å². The monoisotopic (exact) mass is 463 g/mol. The molecular weight excluding hydrogens is 430 g/mol. The van der Waals surface area contributed by atoms with Crippen molar-refractivity contribution >= 4 is 17.1 Å². The third-order valence-corrected chi connectivity index (χ3v) is 6.07. The Balaban J connectivity index is 1.46. The maximum absolute atomic E-state index is 9.81. The second-order valence-corrected chi connectivity index (χ2v) is 9.13. The smallest absolute Gasteiger partial charge is 0.219 e. The maximum Gasteiger partial charge on any atom is 0.219 e. The molecule has 0 saturated heterocycles. The first-order valence-corrected chi connectivity index (χ1v) is 12.0. The average Bonchev–Trinajstić information content (AvgIpc) is 2.87. The lowest BCUT2D eigenvalue weighted by molar-refractivity contribution is 0.0151. The van der Waals surface area contributed by atoms with Crippen LogP contribution in [-0.4, -0.2) is 11.4 Å². The van der Waals surface area contributed by atoms with Gasteiger partial charge in [0.15, 0.2) is 0 Å². The predicted molar refractivity (Wildman–Crippen MR) is 146 cm³/mol. The molecule has 4 aromatic rings. The molecule has 0 fully saturated rings. The Morgan fingerprint density at radius 2 is 1.06 bits per heavy atom. The minimum absolute atomic E-state index is 0.584. The Labute approximate surface area is 209 Å². The minimum Gasteiger partial charge on any atom is -0.461 e. The third-order valence-electron chi connectivity index (χ3n) is 6.07. The number of anilines is 3. The van der Waals surface area contributed by atoms with Crippen molar-refractivity contribution in [3.63, 3.8) is 0 Å². The van der Waals surface area contributed by atoms with E-state index in [1.807, 2.05) is 24.3 Å². The SMILES string of the molecule is C=C(C)C(O)Oc1ccc(CCc2ccc(N(c3ccc(C)cc3)c3ccc(C)cc3)cc2)cc1. The van der Waals surface area contributed by atoms with Gasteiger partial charge in [-0.1, -0.05) is 66.2 Å². The number of ether oxygens (including phenoxy) is 1.